The van der Waals surface area contributed by atoms with Crippen molar-refractivity contribution in [3.8, 4) is 0 Å². The molecule has 0 fully saturated rings. The third-order valence-electron chi connectivity index (χ3n) is 2.03. The van der Waals surface area contributed by atoms with Gasteiger partial charge in [-0.3, -0.25) is 0 Å². The lowest BCUT2D eigenvalue weighted by Crippen LogP contribution is -2.19. The highest BCUT2D eigenvalue weighted by Gasteiger charge is 2.09. The summed E-state index contributed by atoms with van der Waals surface area (Å²) in [7, 11) is 0. The van der Waals surface area contributed by atoms with Gasteiger partial charge in [0.2, 0.25) is 0 Å². The number of hydrogen-bond acceptors (Lipinski definition) is 3. The van der Waals surface area contributed by atoms with E-state index < -0.39 is 6.03 Å². The second-order valence-electron chi connectivity index (χ2n) is 3.31. The zero-order valence-corrected chi connectivity index (χ0v) is 10.5. The van der Waals surface area contributed by atoms with Crippen LogP contribution in [0, 0.1) is 0 Å². The van der Waals surface area contributed by atoms with E-state index in [1.54, 1.807) is 12.1 Å². The van der Waals surface area contributed by atoms with Gasteiger partial charge < -0.3 is 10.6 Å². The lowest BCUT2D eigenvalue weighted by atomic mass is 10.3. The van der Waals surface area contributed by atoms with Crippen LogP contribution in [0.3, 0.4) is 0 Å². The van der Waals surface area contributed by atoms with Crippen molar-refractivity contribution in [3.05, 3.63) is 46.7 Å². The molecule has 1 aromatic carbocycles. The van der Waals surface area contributed by atoms with E-state index in [4.69, 9.17) is 23.2 Å². The van der Waals surface area contributed by atoms with E-state index in [9.17, 15) is 4.79 Å². The van der Waals surface area contributed by atoms with Crippen LogP contribution in [-0.2, 0) is 0 Å². The van der Waals surface area contributed by atoms with E-state index in [2.05, 4.69) is 20.8 Å². The quantitative estimate of drug-likeness (QED) is 0.887. The molecule has 1 aromatic heterocycles. The number of nitrogens with zero attached hydrogens (tertiary/aromatic N) is 2. The molecule has 1 heterocycles. The average molecular weight is 283 g/mol. The number of anilines is 2. The highest BCUT2D eigenvalue weighted by molar-refractivity contribution is 6.43. The summed E-state index contributed by atoms with van der Waals surface area (Å²) in [6, 6.07) is 8.57. The Kier molecular flexibility index (Phi) is 3.96. The highest BCUT2D eigenvalue weighted by Crippen LogP contribution is 2.26. The van der Waals surface area contributed by atoms with Crippen LogP contribution >= 0.6 is 23.2 Å². The predicted molar refractivity (Wildman–Crippen MR) is 71.1 cm³/mol. The van der Waals surface area contributed by atoms with E-state index >= 15 is 0 Å². The molecule has 0 bridgehead atoms. The van der Waals surface area contributed by atoms with Crippen molar-refractivity contribution in [3.63, 3.8) is 0 Å². The molecule has 0 aliphatic rings. The summed E-state index contributed by atoms with van der Waals surface area (Å²) in [5.74, 6) is 0. The summed E-state index contributed by atoms with van der Waals surface area (Å²) >= 11 is 11.5. The standard InChI is InChI=1S/C11H8Cl2N4O/c12-9-8(6-14-17-10(9)13)16-11(18)15-7-4-2-1-3-5-7/h1-6H,(H2,15,16,17,18). The Morgan fingerprint density at radius 2 is 1.83 bits per heavy atom. The third-order valence-corrected chi connectivity index (χ3v) is 2.77. The first-order valence-electron chi connectivity index (χ1n) is 4.96. The van der Waals surface area contributed by atoms with Crippen molar-refractivity contribution in [1.29, 1.82) is 0 Å². The van der Waals surface area contributed by atoms with Gasteiger partial charge in [0.1, 0.15) is 5.02 Å². The second kappa shape index (κ2) is 5.66. The van der Waals surface area contributed by atoms with E-state index in [0.29, 0.717) is 11.4 Å². The van der Waals surface area contributed by atoms with Crippen LogP contribution in [0.25, 0.3) is 0 Å². The van der Waals surface area contributed by atoms with Gasteiger partial charge in [-0.1, -0.05) is 41.4 Å². The molecule has 2 N–H and O–H groups in total. The van der Waals surface area contributed by atoms with E-state index in [1.807, 2.05) is 18.2 Å². The Labute approximate surface area is 113 Å². The Hall–Kier alpha value is -1.85. The minimum Gasteiger partial charge on any atom is -0.308 e. The van der Waals surface area contributed by atoms with Gasteiger partial charge in [-0.25, -0.2) is 4.79 Å². The number of halogens is 2. The first-order valence-corrected chi connectivity index (χ1v) is 5.72. The fraction of sp³-hybridized carbons (Fsp3) is 0. The summed E-state index contributed by atoms with van der Waals surface area (Å²) in [5, 5.41) is 12.5. The van der Waals surface area contributed by atoms with Gasteiger partial charge in [-0.2, -0.15) is 5.10 Å². The fourth-order valence-corrected chi connectivity index (χ4v) is 1.52. The normalized spacial score (nSPS) is 9.89. The van der Waals surface area contributed by atoms with Crippen molar-refractivity contribution in [2.75, 3.05) is 10.6 Å². The molecule has 2 amide bonds. The van der Waals surface area contributed by atoms with Crippen LogP contribution in [0.2, 0.25) is 10.2 Å². The van der Waals surface area contributed by atoms with Crippen molar-refractivity contribution in [1.82, 2.24) is 10.2 Å². The number of hydrogen-bond donors (Lipinski definition) is 2. The maximum atomic E-state index is 11.7. The molecule has 2 rings (SSSR count). The van der Waals surface area contributed by atoms with E-state index in [1.165, 1.54) is 6.20 Å². The SMILES string of the molecule is O=C(Nc1ccccc1)Nc1cnnc(Cl)c1Cl. The third kappa shape index (κ3) is 3.09. The van der Waals surface area contributed by atoms with Gasteiger partial charge in [0, 0.05) is 5.69 Å². The molecule has 0 aliphatic heterocycles. The summed E-state index contributed by atoms with van der Waals surface area (Å²) in [5.41, 5.74) is 0.962. The summed E-state index contributed by atoms with van der Waals surface area (Å²) in [6.07, 6.45) is 1.32. The Bertz CT molecular complexity index is 562. The fourth-order valence-electron chi connectivity index (χ4n) is 1.24. The lowest BCUT2D eigenvalue weighted by Gasteiger charge is -2.08. The van der Waals surface area contributed by atoms with Gasteiger partial charge >= 0.3 is 6.03 Å². The first-order chi connectivity index (χ1) is 8.66. The molecular weight excluding hydrogens is 275 g/mol. The minimum absolute atomic E-state index is 0.0363. The zero-order chi connectivity index (χ0) is 13.0. The topological polar surface area (TPSA) is 66.9 Å². The molecule has 0 radical (unpaired) electrons. The van der Waals surface area contributed by atoms with Gasteiger partial charge in [0.05, 0.1) is 11.9 Å². The summed E-state index contributed by atoms with van der Waals surface area (Å²) in [4.78, 5) is 11.7. The molecule has 0 spiro atoms. The predicted octanol–water partition coefficient (Wildman–Crippen LogP) is 3.43. The number of carbonyl (C=O) groups excluding carboxylic acids is 1. The molecular formula is C11H8Cl2N4O. The number of carbonyl (C=O) groups is 1. The molecule has 0 saturated carbocycles. The number of amides is 2. The number of benzene rings is 1. The van der Waals surface area contributed by atoms with Gasteiger partial charge in [-0.15, -0.1) is 5.10 Å². The van der Waals surface area contributed by atoms with Crippen LogP contribution < -0.4 is 10.6 Å². The summed E-state index contributed by atoms with van der Waals surface area (Å²) < 4.78 is 0. The average Bonchev–Trinajstić information content (AvgIpc) is 2.36. The second-order valence-corrected chi connectivity index (χ2v) is 4.04. The van der Waals surface area contributed by atoms with Gasteiger partial charge in [-0.05, 0) is 12.1 Å². The Morgan fingerprint density at radius 1 is 1.11 bits per heavy atom. The number of rotatable bonds is 2. The molecule has 0 saturated heterocycles. The molecule has 0 atom stereocenters. The first kappa shape index (κ1) is 12.6. The summed E-state index contributed by atoms with van der Waals surface area (Å²) in [6.45, 7) is 0. The van der Waals surface area contributed by atoms with Crippen LogP contribution in [0.4, 0.5) is 16.2 Å². The van der Waals surface area contributed by atoms with Crippen LogP contribution in [0.15, 0.2) is 36.5 Å². The zero-order valence-electron chi connectivity index (χ0n) is 9.02. The monoisotopic (exact) mass is 282 g/mol. The number of urea groups is 1. The van der Waals surface area contributed by atoms with Crippen molar-refractivity contribution < 1.29 is 4.79 Å². The van der Waals surface area contributed by atoms with Crippen molar-refractivity contribution in [2.24, 2.45) is 0 Å². The largest absolute Gasteiger partial charge is 0.323 e. The smallest absolute Gasteiger partial charge is 0.308 e. The molecule has 5 nitrogen and oxygen atoms in total. The van der Waals surface area contributed by atoms with Gasteiger partial charge in [0.25, 0.3) is 0 Å². The molecule has 0 aliphatic carbocycles. The van der Waals surface area contributed by atoms with Gasteiger partial charge in [0.15, 0.2) is 5.15 Å². The van der Waals surface area contributed by atoms with Crippen molar-refractivity contribution in [2.45, 2.75) is 0 Å². The number of aromatic nitrogens is 2. The van der Waals surface area contributed by atoms with E-state index in [-0.39, 0.29) is 10.2 Å². The Balaban J connectivity index is 2.06. The molecule has 2 aromatic rings. The molecule has 0 unspecified atom stereocenters. The minimum atomic E-state index is -0.438. The number of para-hydroxylation sites is 1. The molecule has 18 heavy (non-hydrogen) atoms. The van der Waals surface area contributed by atoms with Crippen LogP contribution in [-0.4, -0.2) is 16.2 Å². The Morgan fingerprint density at radius 3 is 2.56 bits per heavy atom. The number of nitrogens with one attached hydrogen (secondary N) is 2. The maximum Gasteiger partial charge on any atom is 0.323 e. The lowest BCUT2D eigenvalue weighted by molar-refractivity contribution is 0.262. The molecule has 7 heteroatoms. The van der Waals surface area contributed by atoms with Crippen molar-refractivity contribution >= 4 is 40.6 Å². The van der Waals surface area contributed by atoms with Crippen LogP contribution in [0.5, 0.6) is 0 Å². The highest BCUT2D eigenvalue weighted by atomic mass is 35.5. The maximum absolute atomic E-state index is 11.7. The molecule has 92 valence electrons. The van der Waals surface area contributed by atoms with E-state index in [0.717, 1.165) is 0 Å². The van der Waals surface area contributed by atoms with Crippen LogP contribution in [0.1, 0.15) is 0 Å².